The summed E-state index contributed by atoms with van der Waals surface area (Å²) < 4.78 is 0. The van der Waals surface area contributed by atoms with Gasteiger partial charge >= 0.3 is 0 Å². The third-order valence-corrected chi connectivity index (χ3v) is 6.73. The van der Waals surface area contributed by atoms with Crippen molar-refractivity contribution in [1.82, 2.24) is 14.7 Å². The molecular formula is C20H40Cl2N4O2. The number of piperazine rings is 1. The molecule has 1 saturated carbocycles. The highest BCUT2D eigenvalue weighted by molar-refractivity contribution is 5.85. The summed E-state index contributed by atoms with van der Waals surface area (Å²) in [5.41, 5.74) is 5.51. The quantitative estimate of drug-likeness (QED) is 0.662. The third-order valence-electron chi connectivity index (χ3n) is 6.73. The van der Waals surface area contributed by atoms with Crippen molar-refractivity contribution < 1.29 is 9.59 Å². The normalized spacial score (nSPS) is 18.8. The van der Waals surface area contributed by atoms with Gasteiger partial charge in [0, 0.05) is 45.8 Å². The van der Waals surface area contributed by atoms with Crippen molar-refractivity contribution in [1.29, 1.82) is 0 Å². The highest BCUT2D eigenvalue weighted by Gasteiger charge is 2.38. The lowest BCUT2D eigenvalue weighted by Gasteiger charge is -2.40. The van der Waals surface area contributed by atoms with Crippen LogP contribution in [0.25, 0.3) is 0 Å². The zero-order valence-corrected chi connectivity index (χ0v) is 19.5. The Balaban J connectivity index is 0.00000364. The Morgan fingerprint density at radius 2 is 1.54 bits per heavy atom. The first kappa shape index (κ1) is 27.4. The van der Waals surface area contributed by atoms with Crippen LogP contribution in [0.1, 0.15) is 58.8 Å². The van der Waals surface area contributed by atoms with E-state index in [4.69, 9.17) is 5.73 Å². The molecule has 2 fully saturated rings. The van der Waals surface area contributed by atoms with E-state index >= 15 is 0 Å². The minimum atomic E-state index is -0.417. The number of halogens is 2. The van der Waals surface area contributed by atoms with Crippen LogP contribution in [0.15, 0.2) is 0 Å². The predicted octanol–water partition coefficient (Wildman–Crippen LogP) is 2.53. The molecule has 2 rings (SSSR count). The summed E-state index contributed by atoms with van der Waals surface area (Å²) in [5.74, 6) is 0.408. The second kappa shape index (κ2) is 12.9. The summed E-state index contributed by atoms with van der Waals surface area (Å²) in [6, 6.07) is 0.415. The SMILES string of the molecule is CCC(CC)(CN)C(=O)N1CCN(CC(=O)N(C)C2CCCCC2)CC1.Cl.Cl. The Kier molecular flexibility index (Phi) is 12.6. The summed E-state index contributed by atoms with van der Waals surface area (Å²) in [7, 11) is 1.95. The van der Waals surface area contributed by atoms with Crippen molar-refractivity contribution in [2.24, 2.45) is 11.1 Å². The van der Waals surface area contributed by atoms with Crippen LogP contribution >= 0.6 is 24.8 Å². The highest BCUT2D eigenvalue weighted by Crippen LogP contribution is 2.28. The molecule has 0 aromatic heterocycles. The smallest absolute Gasteiger partial charge is 0.236 e. The van der Waals surface area contributed by atoms with Crippen LogP contribution in [0, 0.1) is 5.41 Å². The van der Waals surface area contributed by atoms with Gasteiger partial charge in [-0.1, -0.05) is 33.1 Å². The monoisotopic (exact) mass is 438 g/mol. The minimum Gasteiger partial charge on any atom is -0.342 e. The van der Waals surface area contributed by atoms with E-state index in [1.165, 1.54) is 19.3 Å². The fraction of sp³-hybridized carbons (Fsp3) is 0.900. The van der Waals surface area contributed by atoms with Gasteiger partial charge in [-0.3, -0.25) is 14.5 Å². The highest BCUT2D eigenvalue weighted by atomic mass is 35.5. The Bertz CT molecular complexity index is 467. The van der Waals surface area contributed by atoms with E-state index in [9.17, 15) is 9.59 Å². The van der Waals surface area contributed by atoms with Crippen LogP contribution in [0.3, 0.4) is 0 Å². The van der Waals surface area contributed by atoms with Gasteiger partial charge in [0.25, 0.3) is 0 Å². The zero-order valence-electron chi connectivity index (χ0n) is 17.8. The van der Waals surface area contributed by atoms with Gasteiger partial charge in [-0.05, 0) is 25.7 Å². The second-order valence-corrected chi connectivity index (χ2v) is 8.06. The van der Waals surface area contributed by atoms with Crippen molar-refractivity contribution in [2.45, 2.75) is 64.8 Å². The summed E-state index contributed by atoms with van der Waals surface area (Å²) in [4.78, 5) is 31.6. The lowest BCUT2D eigenvalue weighted by molar-refractivity contribution is -0.144. The largest absolute Gasteiger partial charge is 0.342 e. The molecule has 8 heteroatoms. The Morgan fingerprint density at radius 1 is 1.00 bits per heavy atom. The summed E-state index contributed by atoms with van der Waals surface area (Å²) in [6.45, 7) is 7.90. The summed E-state index contributed by atoms with van der Waals surface area (Å²) in [5, 5.41) is 0. The van der Waals surface area contributed by atoms with E-state index in [1.54, 1.807) is 0 Å². The molecule has 28 heavy (non-hydrogen) atoms. The predicted molar refractivity (Wildman–Crippen MR) is 119 cm³/mol. The molecule has 6 nitrogen and oxygen atoms in total. The van der Waals surface area contributed by atoms with E-state index in [2.05, 4.69) is 4.90 Å². The standard InChI is InChI=1S/C20H38N4O2.2ClH/c1-4-20(5-2,16-21)19(26)24-13-11-23(12-14-24)15-18(25)22(3)17-9-7-6-8-10-17;;/h17H,4-16,21H2,1-3H3;2*1H. The Labute approximate surface area is 183 Å². The molecule has 2 aliphatic rings. The van der Waals surface area contributed by atoms with Crippen molar-refractivity contribution in [3.63, 3.8) is 0 Å². The first-order chi connectivity index (χ1) is 12.5. The number of likely N-dealkylation sites (N-methyl/N-ethyl adjacent to an activating group) is 1. The van der Waals surface area contributed by atoms with Gasteiger partial charge < -0.3 is 15.5 Å². The summed E-state index contributed by atoms with van der Waals surface area (Å²) in [6.07, 6.45) is 7.61. The minimum absolute atomic E-state index is 0. The van der Waals surface area contributed by atoms with E-state index in [0.29, 0.717) is 32.2 Å². The Hall–Kier alpha value is -0.560. The van der Waals surface area contributed by atoms with E-state index < -0.39 is 5.41 Å². The molecule has 166 valence electrons. The van der Waals surface area contributed by atoms with Gasteiger partial charge in [0.1, 0.15) is 0 Å². The topological polar surface area (TPSA) is 69.9 Å². The number of hydrogen-bond donors (Lipinski definition) is 1. The fourth-order valence-electron chi connectivity index (χ4n) is 4.35. The average Bonchev–Trinajstić information content (AvgIpc) is 2.70. The van der Waals surface area contributed by atoms with Gasteiger partial charge in [0.15, 0.2) is 0 Å². The number of carbonyl (C=O) groups excluding carboxylic acids is 2. The van der Waals surface area contributed by atoms with Crippen molar-refractivity contribution in [3.8, 4) is 0 Å². The van der Waals surface area contributed by atoms with Gasteiger partial charge in [-0.15, -0.1) is 24.8 Å². The maximum absolute atomic E-state index is 12.9. The Morgan fingerprint density at radius 3 is 2.00 bits per heavy atom. The second-order valence-electron chi connectivity index (χ2n) is 8.06. The van der Waals surface area contributed by atoms with E-state index in [1.807, 2.05) is 30.7 Å². The van der Waals surface area contributed by atoms with Crippen LogP contribution < -0.4 is 5.73 Å². The number of carbonyl (C=O) groups is 2. The number of nitrogens with zero attached hydrogens (tertiary/aromatic N) is 3. The molecular weight excluding hydrogens is 399 g/mol. The molecule has 0 aromatic carbocycles. The van der Waals surface area contributed by atoms with Crippen LogP contribution in [0.2, 0.25) is 0 Å². The number of amides is 2. The molecule has 1 heterocycles. The summed E-state index contributed by atoms with van der Waals surface area (Å²) >= 11 is 0. The lowest BCUT2D eigenvalue weighted by Crippen LogP contribution is -2.56. The number of rotatable bonds is 7. The van der Waals surface area contributed by atoms with Gasteiger partial charge in [-0.25, -0.2) is 0 Å². The molecule has 1 saturated heterocycles. The molecule has 2 amide bonds. The van der Waals surface area contributed by atoms with Crippen molar-refractivity contribution in [2.75, 3.05) is 46.3 Å². The van der Waals surface area contributed by atoms with Gasteiger partial charge in [-0.2, -0.15) is 0 Å². The molecule has 2 N–H and O–H groups in total. The van der Waals surface area contributed by atoms with Crippen molar-refractivity contribution in [3.05, 3.63) is 0 Å². The first-order valence-corrected chi connectivity index (χ1v) is 10.4. The van der Waals surface area contributed by atoms with Crippen LogP contribution in [0.4, 0.5) is 0 Å². The van der Waals surface area contributed by atoms with Crippen LogP contribution in [-0.4, -0.2) is 78.9 Å². The van der Waals surface area contributed by atoms with Crippen molar-refractivity contribution >= 4 is 36.6 Å². The maximum Gasteiger partial charge on any atom is 0.236 e. The number of hydrogen-bond acceptors (Lipinski definition) is 4. The molecule has 1 aliphatic heterocycles. The number of nitrogens with two attached hydrogens (primary N) is 1. The lowest BCUT2D eigenvalue weighted by atomic mass is 9.81. The van der Waals surface area contributed by atoms with E-state index in [0.717, 1.165) is 38.8 Å². The van der Waals surface area contributed by atoms with Crippen LogP contribution in [-0.2, 0) is 9.59 Å². The molecule has 1 aliphatic carbocycles. The molecule has 0 radical (unpaired) electrons. The van der Waals surface area contributed by atoms with Gasteiger partial charge in [0.05, 0.1) is 12.0 Å². The molecule has 0 aromatic rings. The zero-order chi connectivity index (χ0) is 19.2. The maximum atomic E-state index is 12.9. The average molecular weight is 439 g/mol. The molecule has 0 bridgehead atoms. The molecule has 0 unspecified atom stereocenters. The van der Waals surface area contributed by atoms with Gasteiger partial charge in [0.2, 0.25) is 11.8 Å². The fourth-order valence-corrected chi connectivity index (χ4v) is 4.35. The molecule has 0 spiro atoms. The van der Waals surface area contributed by atoms with E-state index in [-0.39, 0.29) is 36.6 Å². The van der Waals surface area contributed by atoms with Crippen LogP contribution in [0.5, 0.6) is 0 Å². The first-order valence-electron chi connectivity index (χ1n) is 10.4. The third kappa shape index (κ3) is 6.48. The molecule has 0 atom stereocenters.